The van der Waals surface area contributed by atoms with Crippen LogP contribution >= 0.6 is 24.0 Å². The standard InChI is InChI=1S/C16H24N6O.HI/c1-17-16(19-13-14-8-10-20-21(14)2)18-9-4-6-12-22-11-5-3-7-15(22)23;/h3,5,7-8,10-11H,4,6,9,12-13H2,1-2H3,(H2,17,18,19);1H. The van der Waals surface area contributed by atoms with Crippen LogP contribution in [0.2, 0.25) is 0 Å². The van der Waals surface area contributed by atoms with E-state index < -0.39 is 0 Å². The Morgan fingerprint density at radius 2 is 2.08 bits per heavy atom. The number of nitrogens with zero attached hydrogens (tertiary/aromatic N) is 4. The number of rotatable bonds is 7. The van der Waals surface area contributed by atoms with Crippen molar-refractivity contribution < 1.29 is 0 Å². The fraction of sp³-hybridized carbons (Fsp3) is 0.438. The summed E-state index contributed by atoms with van der Waals surface area (Å²) in [7, 11) is 3.67. The highest BCUT2D eigenvalue weighted by molar-refractivity contribution is 14.0. The second-order valence-corrected chi connectivity index (χ2v) is 5.24. The van der Waals surface area contributed by atoms with Gasteiger partial charge in [0.1, 0.15) is 0 Å². The molecule has 2 heterocycles. The lowest BCUT2D eigenvalue weighted by Crippen LogP contribution is -2.37. The average molecular weight is 444 g/mol. The fourth-order valence-corrected chi connectivity index (χ4v) is 2.23. The monoisotopic (exact) mass is 444 g/mol. The number of aromatic nitrogens is 3. The molecule has 0 saturated carbocycles. The van der Waals surface area contributed by atoms with Gasteiger partial charge in [-0.25, -0.2) is 0 Å². The normalized spacial score (nSPS) is 11.0. The molecule has 8 heteroatoms. The van der Waals surface area contributed by atoms with Gasteiger partial charge in [0.25, 0.3) is 0 Å². The van der Waals surface area contributed by atoms with Gasteiger partial charge in [0, 0.05) is 45.6 Å². The minimum Gasteiger partial charge on any atom is -0.356 e. The zero-order valence-corrected chi connectivity index (χ0v) is 16.4. The number of hydrogen-bond acceptors (Lipinski definition) is 3. The number of halogens is 1. The molecule has 0 atom stereocenters. The van der Waals surface area contributed by atoms with E-state index in [4.69, 9.17) is 0 Å². The van der Waals surface area contributed by atoms with Crippen molar-refractivity contribution in [3.63, 3.8) is 0 Å². The van der Waals surface area contributed by atoms with E-state index >= 15 is 0 Å². The molecule has 2 rings (SSSR count). The van der Waals surface area contributed by atoms with Crippen LogP contribution in [0.3, 0.4) is 0 Å². The molecule has 0 spiro atoms. The summed E-state index contributed by atoms with van der Waals surface area (Å²) in [5, 5.41) is 10.7. The Morgan fingerprint density at radius 1 is 1.25 bits per heavy atom. The van der Waals surface area contributed by atoms with Gasteiger partial charge in [-0.3, -0.25) is 14.5 Å². The maximum atomic E-state index is 11.6. The van der Waals surface area contributed by atoms with Crippen molar-refractivity contribution in [1.29, 1.82) is 0 Å². The lowest BCUT2D eigenvalue weighted by atomic mass is 10.3. The van der Waals surface area contributed by atoms with Crippen molar-refractivity contribution in [2.24, 2.45) is 12.0 Å². The van der Waals surface area contributed by atoms with Crippen molar-refractivity contribution in [1.82, 2.24) is 25.0 Å². The van der Waals surface area contributed by atoms with E-state index in [9.17, 15) is 4.79 Å². The van der Waals surface area contributed by atoms with E-state index in [1.807, 2.05) is 30.1 Å². The molecule has 2 aromatic rings. The third-order valence-corrected chi connectivity index (χ3v) is 3.60. The summed E-state index contributed by atoms with van der Waals surface area (Å²) in [6.07, 6.45) is 5.51. The molecule has 0 bridgehead atoms. The highest BCUT2D eigenvalue weighted by Gasteiger charge is 2.01. The van der Waals surface area contributed by atoms with Gasteiger partial charge in [-0.05, 0) is 25.0 Å². The molecule has 0 unspecified atom stereocenters. The molecule has 0 aliphatic rings. The van der Waals surface area contributed by atoms with Crippen LogP contribution in [-0.4, -0.2) is 33.9 Å². The number of nitrogens with one attached hydrogen (secondary N) is 2. The Bertz CT molecular complexity index is 694. The van der Waals surface area contributed by atoms with Gasteiger partial charge in [-0.2, -0.15) is 5.10 Å². The van der Waals surface area contributed by atoms with E-state index in [1.165, 1.54) is 0 Å². The smallest absolute Gasteiger partial charge is 0.250 e. The van der Waals surface area contributed by atoms with Crippen LogP contribution in [0.1, 0.15) is 18.5 Å². The van der Waals surface area contributed by atoms with Crippen LogP contribution in [0.25, 0.3) is 0 Å². The first-order chi connectivity index (χ1) is 11.2. The van der Waals surface area contributed by atoms with Crippen LogP contribution in [0.4, 0.5) is 0 Å². The topological polar surface area (TPSA) is 76.2 Å². The number of hydrogen-bond donors (Lipinski definition) is 2. The molecule has 2 N–H and O–H groups in total. The van der Waals surface area contributed by atoms with Crippen LogP contribution < -0.4 is 16.2 Å². The molecule has 2 aromatic heterocycles. The SMILES string of the molecule is CN=C(NCCCCn1ccccc1=O)NCc1ccnn1C.I. The first-order valence-electron chi connectivity index (χ1n) is 7.77. The maximum absolute atomic E-state index is 11.6. The van der Waals surface area contributed by atoms with E-state index in [-0.39, 0.29) is 29.5 Å². The van der Waals surface area contributed by atoms with Gasteiger partial charge in [-0.1, -0.05) is 6.07 Å². The third-order valence-electron chi connectivity index (χ3n) is 3.60. The van der Waals surface area contributed by atoms with E-state index in [0.717, 1.165) is 37.6 Å². The van der Waals surface area contributed by atoms with E-state index in [2.05, 4.69) is 20.7 Å². The Morgan fingerprint density at radius 3 is 2.75 bits per heavy atom. The molecule has 24 heavy (non-hydrogen) atoms. The molecule has 0 amide bonds. The van der Waals surface area contributed by atoms with Crippen molar-refractivity contribution >= 4 is 29.9 Å². The highest BCUT2D eigenvalue weighted by Crippen LogP contribution is 1.95. The molecule has 7 nitrogen and oxygen atoms in total. The fourth-order valence-electron chi connectivity index (χ4n) is 2.23. The summed E-state index contributed by atoms with van der Waals surface area (Å²) in [6.45, 7) is 2.23. The maximum Gasteiger partial charge on any atom is 0.250 e. The lowest BCUT2D eigenvalue weighted by Gasteiger charge is -2.12. The van der Waals surface area contributed by atoms with Gasteiger partial charge < -0.3 is 15.2 Å². The second kappa shape index (κ2) is 10.8. The second-order valence-electron chi connectivity index (χ2n) is 5.24. The molecule has 0 fully saturated rings. The minimum atomic E-state index is 0. The van der Waals surface area contributed by atoms with Gasteiger partial charge >= 0.3 is 0 Å². The van der Waals surface area contributed by atoms with Crippen LogP contribution in [0.15, 0.2) is 46.4 Å². The molecule has 132 valence electrons. The first-order valence-corrected chi connectivity index (χ1v) is 7.77. The zero-order chi connectivity index (χ0) is 16.5. The van der Waals surface area contributed by atoms with E-state index in [1.54, 1.807) is 29.9 Å². The predicted octanol–water partition coefficient (Wildman–Crippen LogP) is 1.35. The number of pyridine rings is 1. The lowest BCUT2D eigenvalue weighted by molar-refractivity contribution is 0.585. The minimum absolute atomic E-state index is 0. The van der Waals surface area contributed by atoms with Gasteiger partial charge in [0.15, 0.2) is 5.96 Å². The van der Waals surface area contributed by atoms with Crippen molar-refractivity contribution in [2.75, 3.05) is 13.6 Å². The third kappa shape index (κ3) is 6.34. The largest absolute Gasteiger partial charge is 0.356 e. The van der Waals surface area contributed by atoms with Crippen molar-refractivity contribution in [3.05, 3.63) is 52.7 Å². The first kappa shape index (κ1) is 20.2. The van der Waals surface area contributed by atoms with Crippen LogP contribution in [0.5, 0.6) is 0 Å². The molecule has 0 aliphatic heterocycles. The number of aliphatic imine (C=N–C) groups is 1. The number of aryl methyl sites for hydroxylation is 2. The van der Waals surface area contributed by atoms with Crippen LogP contribution in [0, 0.1) is 0 Å². The van der Waals surface area contributed by atoms with Crippen LogP contribution in [-0.2, 0) is 20.1 Å². The summed E-state index contributed by atoms with van der Waals surface area (Å²) in [5.41, 5.74) is 1.14. The summed E-state index contributed by atoms with van der Waals surface area (Å²) < 4.78 is 3.56. The predicted molar refractivity (Wildman–Crippen MR) is 107 cm³/mol. The Hall–Kier alpha value is -1.84. The molecule has 0 radical (unpaired) electrons. The zero-order valence-electron chi connectivity index (χ0n) is 14.1. The molecular weight excluding hydrogens is 419 g/mol. The molecule has 0 aliphatic carbocycles. The number of unbranched alkanes of at least 4 members (excludes halogenated alkanes) is 1. The highest BCUT2D eigenvalue weighted by atomic mass is 127. The van der Waals surface area contributed by atoms with Crippen molar-refractivity contribution in [2.45, 2.75) is 25.9 Å². The Labute approximate surface area is 159 Å². The average Bonchev–Trinajstić information content (AvgIpc) is 2.97. The summed E-state index contributed by atoms with van der Waals surface area (Å²) in [4.78, 5) is 15.8. The van der Waals surface area contributed by atoms with E-state index in [0.29, 0.717) is 6.54 Å². The Balaban J connectivity index is 0.00000288. The number of guanidine groups is 1. The van der Waals surface area contributed by atoms with Crippen molar-refractivity contribution in [3.8, 4) is 0 Å². The molecule has 0 aromatic carbocycles. The molecule has 0 saturated heterocycles. The summed E-state index contributed by atoms with van der Waals surface area (Å²) in [5.74, 6) is 0.767. The van der Waals surface area contributed by atoms with Gasteiger partial charge in [-0.15, -0.1) is 24.0 Å². The summed E-state index contributed by atoms with van der Waals surface area (Å²) >= 11 is 0. The molecular formula is C16H25IN6O. The quantitative estimate of drug-likeness (QED) is 0.293. The Kier molecular flexibility index (Phi) is 9.13. The van der Waals surface area contributed by atoms with Gasteiger partial charge in [0.05, 0.1) is 12.2 Å². The summed E-state index contributed by atoms with van der Waals surface area (Å²) in [6, 6.07) is 7.20. The van der Waals surface area contributed by atoms with Gasteiger partial charge in [0.2, 0.25) is 5.56 Å².